The molecule has 0 aliphatic carbocycles. The fourth-order valence-electron chi connectivity index (χ4n) is 1.55. The van der Waals surface area contributed by atoms with Gasteiger partial charge in [-0.15, -0.1) is 0 Å². The summed E-state index contributed by atoms with van der Waals surface area (Å²) in [5.41, 5.74) is 1.97. The summed E-state index contributed by atoms with van der Waals surface area (Å²) in [4.78, 5) is 1.09. The largest absolute Gasteiger partial charge is 0.249 e. The van der Waals surface area contributed by atoms with E-state index in [0.29, 0.717) is 9.80 Å². The van der Waals surface area contributed by atoms with Gasteiger partial charge in [0.25, 0.3) is 0 Å². The van der Waals surface area contributed by atoms with Crippen LogP contribution in [0.3, 0.4) is 0 Å². The molecule has 0 aliphatic heterocycles. The smallest absolute Gasteiger partial charge is 0.123 e. The van der Waals surface area contributed by atoms with Crippen LogP contribution >= 0.6 is 0 Å². The number of benzene rings is 2. The maximum absolute atomic E-state index is 12.8. The third kappa shape index (κ3) is 4.14. The first kappa shape index (κ1) is 16.3. The molecule has 1 unspecified atom stereocenters. The Bertz CT molecular complexity index is 530. The molecule has 106 valence electrons. The molecule has 0 fully saturated rings. The summed E-state index contributed by atoms with van der Waals surface area (Å²) in [6.45, 7) is 9.85. The second-order valence-corrected chi connectivity index (χ2v) is 5.51. The maximum atomic E-state index is 12.8. The van der Waals surface area contributed by atoms with Crippen molar-refractivity contribution < 1.29 is 8.60 Å². The highest BCUT2D eigenvalue weighted by Gasteiger charge is 2.10. The van der Waals surface area contributed by atoms with Crippen LogP contribution in [-0.2, 0) is 10.8 Å². The average molecular weight is 290 g/mol. The molecule has 2 rings (SSSR count). The Morgan fingerprint density at radius 2 is 1.50 bits per heavy atom. The first-order chi connectivity index (χ1) is 9.58. The summed E-state index contributed by atoms with van der Waals surface area (Å²) in [6, 6.07) is 13.3. The van der Waals surface area contributed by atoms with Crippen LogP contribution in [0, 0.1) is 12.7 Å². The molecule has 0 spiro atoms. The summed E-state index contributed by atoms with van der Waals surface area (Å²) in [7, 11) is -1.36. The van der Waals surface area contributed by atoms with Gasteiger partial charge in [0.1, 0.15) is 5.82 Å². The van der Waals surface area contributed by atoms with Crippen LogP contribution in [0.5, 0.6) is 0 Å². The van der Waals surface area contributed by atoms with Crippen LogP contribution in [0.1, 0.15) is 25.0 Å². The minimum Gasteiger partial charge on any atom is -0.249 e. The summed E-state index contributed by atoms with van der Waals surface area (Å²) >= 11 is 0. The molecule has 20 heavy (non-hydrogen) atoms. The molecular weight excluding hydrogens is 271 g/mol. The van der Waals surface area contributed by atoms with Gasteiger partial charge in [0.15, 0.2) is 0 Å². The van der Waals surface area contributed by atoms with Gasteiger partial charge in [-0.05, 0) is 36.8 Å². The van der Waals surface area contributed by atoms with E-state index < -0.39 is 10.8 Å². The molecule has 0 heterocycles. The zero-order valence-electron chi connectivity index (χ0n) is 12.0. The molecule has 2 aromatic rings. The third-order valence-electron chi connectivity index (χ3n) is 2.63. The van der Waals surface area contributed by atoms with Crippen molar-refractivity contribution >= 4 is 15.7 Å². The van der Waals surface area contributed by atoms with Crippen molar-refractivity contribution in [3.63, 3.8) is 0 Å². The number of hydrogen-bond acceptors (Lipinski definition) is 1. The Morgan fingerprint density at radius 1 is 1.00 bits per heavy atom. The molecule has 1 atom stereocenters. The third-order valence-corrected chi connectivity index (χ3v) is 4.01. The molecule has 0 bridgehead atoms. The molecule has 0 saturated carbocycles. The summed E-state index contributed by atoms with van der Waals surface area (Å²) < 4.78 is 25.0. The topological polar surface area (TPSA) is 17.1 Å². The van der Waals surface area contributed by atoms with Crippen LogP contribution in [-0.4, -0.2) is 4.21 Å². The first-order valence-electron chi connectivity index (χ1n) is 6.51. The van der Waals surface area contributed by atoms with E-state index in [9.17, 15) is 8.60 Å². The van der Waals surface area contributed by atoms with E-state index in [1.54, 1.807) is 0 Å². The van der Waals surface area contributed by atoms with Crippen LogP contribution in [0.2, 0.25) is 0 Å². The highest BCUT2D eigenvalue weighted by atomic mass is 32.2. The van der Waals surface area contributed by atoms with Gasteiger partial charge in [-0.2, -0.15) is 0 Å². The molecule has 0 aliphatic rings. The molecule has 0 N–H and O–H groups in total. The van der Waals surface area contributed by atoms with Gasteiger partial charge < -0.3 is 0 Å². The van der Waals surface area contributed by atoms with Crippen molar-refractivity contribution in [1.29, 1.82) is 0 Å². The van der Waals surface area contributed by atoms with Gasteiger partial charge >= 0.3 is 0 Å². The van der Waals surface area contributed by atoms with E-state index in [4.69, 9.17) is 0 Å². The van der Waals surface area contributed by atoms with Crippen LogP contribution in [0.25, 0.3) is 4.91 Å². The van der Waals surface area contributed by atoms with Crippen molar-refractivity contribution in [2.45, 2.75) is 25.7 Å². The quantitative estimate of drug-likeness (QED) is 0.782. The molecule has 0 aromatic heterocycles. The zero-order valence-corrected chi connectivity index (χ0v) is 12.8. The maximum Gasteiger partial charge on any atom is 0.123 e. The normalized spacial score (nSPS) is 11.2. The number of aryl methyl sites for hydroxylation is 1. The van der Waals surface area contributed by atoms with Crippen molar-refractivity contribution in [1.82, 2.24) is 0 Å². The highest BCUT2D eigenvalue weighted by molar-refractivity contribution is 7.94. The van der Waals surface area contributed by atoms with Crippen molar-refractivity contribution in [3.05, 3.63) is 72.1 Å². The minimum atomic E-state index is -1.36. The van der Waals surface area contributed by atoms with Crippen molar-refractivity contribution in [3.8, 4) is 0 Å². The Labute approximate surface area is 122 Å². The van der Waals surface area contributed by atoms with Gasteiger partial charge in [-0.1, -0.05) is 50.3 Å². The van der Waals surface area contributed by atoms with Crippen LogP contribution in [0.15, 0.2) is 60.0 Å². The van der Waals surface area contributed by atoms with E-state index in [-0.39, 0.29) is 5.82 Å². The first-order valence-corrected chi connectivity index (χ1v) is 7.66. The molecular formula is C17H19FOS. The Hall–Kier alpha value is -1.74. The standard InChI is InChI=1S/C15H13FOS.C2H6/c1-11-3-5-13(6-4-11)12(2)18(17)15-9-7-14(16)8-10-15;1-2/h3-10H,2H2,1H3;1-2H3. The van der Waals surface area contributed by atoms with Gasteiger partial charge in [0.05, 0.1) is 10.8 Å². The van der Waals surface area contributed by atoms with Gasteiger partial charge in [0.2, 0.25) is 0 Å². The lowest BCUT2D eigenvalue weighted by atomic mass is 10.1. The van der Waals surface area contributed by atoms with Gasteiger partial charge in [0, 0.05) is 9.80 Å². The summed E-state index contributed by atoms with van der Waals surface area (Å²) in [5.74, 6) is -0.336. The second kappa shape index (κ2) is 7.75. The van der Waals surface area contributed by atoms with E-state index in [1.807, 2.05) is 45.0 Å². The molecule has 0 saturated heterocycles. The fourth-order valence-corrected chi connectivity index (χ4v) is 2.56. The van der Waals surface area contributed by atoms with E-state index in [1.165, 1.54) is 24.3 Å². The molecule has 1 nitrogen and oxygen atoms in total. The lowest BCUT2D eigenvalue weighted by Gasteiger charge is -2.06. The second-order valence-electron chi connectivity index (χ2n) is 4.01. The van der Waals surface area contributed by atoms with Gasteiger partial charge in [-0.25, -0.2) is 8.60 Å². The average Bonchev–Trinajstić information content (AvgIpc) is 2.49. The van der Waals surface area contributed by atoms with Crippen LogP contribution < -0.4 is 0 Å². The van der Waals surface area contributed by atoms with Gasteiger partial charge in [-0.3, -0.25) is 0 Å². The predicted octanol–water partition coefficient (Wildman–Crippen LogP) is 4.94. The van der Waals surface area contributed by atoms with E-state index in [2.05, 4.69) is 6.58 Å². The summed E-state index contributed by atoms with van der Waals surface area (Å²) in [5, 5.41) is 0. The molecule has 0 amide bonds. The van der Waals surface area contributed by atoms with Crippen molar-refractivity contribution in [2.24, 2.45) is 0 Å². The van der Waals surface area contributed by atoms with E-state index >= 15 is 0 Å². The minimum absolute atomic E-state index is 0.336. The number of halogens is 1. The number of hydrogen-bond donors (Lipinski definition) is 0. The zero-order chi connectivity index (χ0) is 15.1. The van der Waals surface area contributed by atoms with Crippen molar-refractivity contribution in [2.75, 3.05) is 0 Å². The Balaban J connectivity index is 0.000000956. The lowest BCUT2D eigenvalue weighted by molar-refractivity contribution is 0.626. The monoisotopic (exact) mass is 290 g/mol. The fraction of sp³-hybridized carbons (Fsp3) is 0.176. The van der Waals surface area contributed by atoms with Crippen LogP contribution in [0.4, 0.5) is 4.39 Å². The molecule has 2 aromatic carbocycles. The van der Waals surface area contributed by atoms with E-state index in [0.717, 1.165) is 11.1 Å². The predicted molar refractivity (Wildman–Crippen MR) is 84.4 cm³/mol. The Kier molecular flexibility index (Phi) is 6.32. The lowest BCUT2D eigenvalue weighted by Crippen LogP contribution is -1.95. The summed E-state index contributed by atoms with van der Waals surface area (Å²) in [6.07, 6.45) is 0. The molecule has 0 radical (unpaired) electrons. The number of rotatable bonds is 3. The highest BCUT2D eigenvalue weighted by Crippen LogP contribution is 2.22. The SMILES string of the molecule is C=C(c1ccc(C)cc1)S(=O)c1ccc(F)cc1.CC. The molecule has 3 heteroatoms. The Morgan fingerprint density at radius 3 is 2.00 bits per heavy atom.